The first-order chi connectivity index (χ1) is 7.99. The topological polar surface area (TPSA) is 43.8 Å². The molecular weight excluding hydrogens is 302 g/mol. The van der Waals surface area contributed by atoms with Gasteiger partial charge in [0.25, 0.3) is 0 Å². The molecule has 1 aromatic heterocycles. The van der Waals surface area contributed by atoms with Crippen LogP contribution in [0.3, 0.4) is 0 Å². The van der Waals surface area contributed by atoms with Gasteiger partial charge in [-0.05, 0) is 47.5 Å². The van der Waals surface area contributed by atoms with E-state index in [0.29, 0.717) is 17.3 Å². The molecule has 90 valence electrons. The van der Waals surface area contributed by atoms with Crippen LogP contribution in [0.4, 0.5) is 5.69 Å². The molecule has 17 heavy (non-hydrogen) atoms. The van der Waals surface area contributed by atoms with Gasteiger partial charge in [0.05, 0.1) is 22.4 Å². The molecule has 1 aromatic carbocycles. The second kappa shape index (κ2) is 4.70. The van der Waals surface area contributed by atoms with Crippen LogP contribution in [0.25, 0.3) is 0 Å². The van der Waals surface area contributed by atoms with Crippen LogP contribution in [0.1, 0.15) is 17.0 Å². The van der Waals surface area contributed by atoms with Crippen LogP contribution >= 0.6 is 27.5 Å². The van der Waals surface area contributed by atoms with Gasteiger partial charge in [0, 0.05) is 10.7 Å². The molecule has 0 fully saturated rings. The number of hydrogen-bond acceptors (Lipinski definition) is 2. The highest BCUT2D eigenvalue weighted by Crippen LogP contribution is 2.23. The van der Waals surface area contributed by atoms with Gasteiger partial charge in [0.2, 0.25) is 0 Å². The summed E-state index contributed by atoms with van der Waals surface area (Å²) in [5, 5.41) is 5.10. The fourth-order valence-electron chi connectivity index (χ4n) is 1.70. The Morgan fingerprint density at radius 3 is 2.65 bits per heavy atom. The van der Waals surface area contributed by atoms with E-state index in [1.54, 1.807) is 6.07 Å². The van der Waals surface area contributed by atoms with E-state index < -0.39 is 0 Å². The van der Waals surface area contributed by atoms with E-state index in [4.69, 9.17) is 17.3 Å². The molecule has 0 spiro atoms. The number of nitrogens with two attached hydrogens (primary N) is 1. The van der Waals surface area contributed by atoms with E-state index in [9.17, 15) is 0 Å². The summed E-state index contributed by atoms with van der Waals surface area (Å²) < 4.78 is 2.98. The summed E-state index contributed by atoms with van der Waals surface area (Å²) in [6.07, 6.45) is 0. The molecule has 0 saturated heterocycles. The summed E-state index contributed by atoms with van der Waals surface area (Å²) in [5.41, 5.74) is 9.72. The van der Waals surface area contributed by atoms with Gasteiger partial charge in [-0.25, -0.2) is 0 Å². The number of rotatable bonds is 2. The minimum absolute atomic E-state index is 0.654. The number of nitrogens with zero attached hydrogens (tertiary/aromatic N) is 2. The van der Waals surface area contributed by atoms with Crippen molar-refractivity contribution in [2.75, 3.05) is 5.73 Å². The fraction of sp³-hybridized carbons (Fsp3) is 0.250. The monoisotopic (exact) mass is 313 g/mol. The normalized spacial score (nSPS) is 10.8. The Labute approximate surface area is 114 Å². The molecule has 1 heterocycles. The zero-order valence-corrected chi connectivity index (χ0v) is 12.0. The minimum Gasteiger partial charge on any atom is -0.398 e. The number of aromatic nitrogens is 2. The molecule has 0 radical (unpaired) electrons. The quantitative estimate of drug-likeness (QED) is 0.862. The molecule has 3 nitrogen and oxygen atoms in total. The van der Waals surface area contributed by atoms with Crippen LogP contribution < -0.4 is 5.73 Å². The highest BCUT2D eigenvalue weighted by Gasteiger charge is 2.10. The summed E-state index contributed by atoms with van der Waals surface area (Å²) in [5.74, 6) is 0. The molecule has 0 bridgehead atoms. The maximum atomic E-state index is 5.93. The zero-order chi connectivity index (χ0) is 12.6. The average molecular weight is 315 g/mol. The van der Waals surface area contributed by atoms with Crippen LogP contribution in [0.2, 0.25) is 5.02 Å². The Morgan fingerprint density at radius 2 is 2.12 bits per heavy atom. The molecule has 0 atom stereocenters. The van der Waals surface area contributed by atoms with E-state index in [0.717, 1.165) is 21.4 Å². The lowest BCUT2D eigenvalue weighted by molar-refractivity contribution is 0.660. The van der Waals surface area contributed by atoms with E-state index >= 15 is 0 Å². The molecular formula is C12H13BrClN3. The average Bonchev–Trinajstić information content (AvgIpc) is 2.50. The van der Waals surface area contributed by atoms with Gasteiger partial charge in [-0.2, -0.15) is 5.10 Å². The maximum Gasteiger partial charge on any atom is 0.0738 e. The van der Waals surface area contributed by atoms with Crippen molar-refractivity contribution in [2.24, 2.45) is 0 Å². The Morgan fingerprint density at radius 1 is 1.41 bits per heavy atom. The van der Waals surface area contributed by atoms with E-state index in [2.05, 4.69) is 21.0 Å². The van der Waals surface area contributed by atoms with Crippen molar-refractivity contribution >= 4 is 33.2 Å². The maximum absolute atomic E-state index is 5.93. The molecule has 5 heteroatoms. The molecule has 0 saturated carbocycles. The second-order valence-corrected chi connectivity index (χ2v) is 5.22. The largest absolute Gasteiger partial charge is 0.398 e. The summed E-state index contributed by atoms with van der Waals surface area (Å²) in [6, 6.07) is 5.54. The first kappa shape index (κ1) is 12.5. The highest BCUT2D eigenvalue weighted by atomic mass is 79.9. The lowest BCUT2D eigenvalue weighted by Crippen LogP contribution is -2.06. The third kappa shape index (κ3) is 2.48. The summed E-state index contributed by atoms with van der Waals surface area (Å²) in [7, 11) is 0. The number of halogens is 2. The van der Waals surface area contributed by atoms with Gasteiger partial charge in [-0.1, -0.05) is 17.7 Å². The molecule has 0 amide bonds. The van der Waals surface area contributed by atoms with Crippen molar-refractivity contribution in [3.63, 3.8) is 0 Å². The van der Waals surface area contributed by atoms with Gasteiger partial charge >= 0.3 is 0 Å². The Kier molecular flexibility index (Phi) is 3.45. The number of anilines is 1. The van der Waals surface area contributed by atoms with Crippen LogP contribution in [-0.4, -0.2) is 9.78 Å². The predicted octanol–water partition coefficient (Wildman–Crippen LogP) is 3.55. The van der Waals surface area contributed by atoms with Gasteiger partial charge in [-0.15, -0.1) is 0 Å². The number of hydrogen-bond donors (Lipinski definition) is 1. The predicted molar refractivity (Wildman–Crippen MR) is 74.4 cm³/mol. The van der Waals surface area contributed by atoms with Gasteiger partial charge in [0.15, 0.2) is 0 Å². The third-order valence-corrected chi connectivity index (χ3v) is 4.10. The zero-order valence-electron chi connectivity index (χ0n) is 9.67. The third-order valence-electron chi connectivity index (χ3n) is 2.72. The molecule has 0 aliphatic carbocycles. The van der Waals surface area contributed by atoms with Gasteiger partial charge < -0.3 is 5.73 Å². The lowest BCUT2D eigenvalue weighted by atomic mass is 10.2. The van der Waals surface area contributed by atoms with Crippen LogP contribution in [-0.2, 0) is 6.54 Å². The first-order valence-electron chi connectivity index (χ1n) is 5.22. The van der Waals surface area contributed by atoms with Crippen LogP contribution in [0.5, 0.6) is 0 Å². The number of nitrogen functional groups attached to an aromatic ring is 1. The minimum atomic E-state index is 0.654. The van der Waals surface area contributed by atoms with E-state index in [1.807, 2.05) is 30.7 Å². The SMILES string of the molecule is Cc1nn(Cc2ccc(Cl)cc2N)c(C)c1Br. The van der Waals surface area contributed by atoms with Crippen LogP contribution in [0.15, 0.2) is 22.7 Å². The molecule has 0 aliphatic rings. The molecule has 0 unspecified atom stereocenters. The van der Waals surface area contributed by atoms with Crippen molar-refractivity contribution in [1.82, 2.24) is 9.78 Å². The van der Waals surface area contributed by atoms with Gasteiger partial charge in [0.1, 0.15) is 0 Å². The number of aryl methyl sites for hydroxylation is 1. The van der Waals surface area contributed by atoms with E-state index in [-0.39, 0.29) is 0 Å². The summed E-state index contributed by atoms with van der Waals surface area (Å²) >= 11 is 9.38. The highest BCUT2D eigenvalue weighted by molar-refractivity contribution is 9.10. The van der Waals surface area contributed by atoms with Gasteiger partial charge in [-0.3, -0.25) is 4.68 Å². The molecule has 2 aromatic rings. The Hall–Kier alpha value is -1.00. The lowest BCUT2D eigenvalue weighted by Gasteiger charge is -2.08. The number of benzene rings is 1. The van der Waals surface area contributed by atoms with E-state index in [1.165, 1.54) is 0 Å². The summed E-state index contributed by atoms with van der Waals surface area (Å²) in [4.78, 5) is 0. The van der Waals surface area contributed by atoms with Crippen LogP contribution in [0, 0.1) is 13.8 Å². The standard InChI is InChI=1S/C12H13BrClN3/c1-7-12(13)8(2)17(16-7)6-9-3-4-10(14)5-11(9)15/h3-5H,6,15H2,1-2H3. The fourth-order valence-corrected chi connectivity index (χ4v) is 2.16. The Bertz CT molecular complexity index is 563. The van der Waals surface area contributed by atoms with Crippen molar-refractivity contribution in [3.8, 4) is 0 Å². The smallest absolute Gasteiger partial charge is 0.0738 e. The van der Waals surface area contributed by atoms with Crippen molar-refractivity contribution in [2.45, 2.75) is 20.4 Å². The van der Waals surface area contributed by atoms with Crippen molar-refractivity contribution in [1.29, 1.82) is 0 Å². The molecule has 2 rings (SSSR count). The Balaban J connectivity index is 2.34. The second-order valence-electron chi connectivity index (χ2n) is 3.99. The molecule has 2 N–H and O–H groups in total. The van der Waals surface area contributed by atoms with Crippen molar-refractivity contribution < 1.29 is 0 Å². The van der Waals surface area contributed by atoms with Crippen molar-refractivity contribution in [3.05, 3.63) is 44.6 Å². The first-order valence-corrected chi connectivity index (χ1v) is 6.39. The molecule has 0 aliphatic heterocycles. The summed E-state index contributed by atoms with van der Waals surface area (Å²) in [6.45, 7) is 4.65.